The molecule has 7 heteroatoms. The highest BCUT2D eigenvalue weighted by atomic mass is 79.9. The van der Waals surface area contributed by atoms with Crippen LogP contribution < -0.4 is 0 Å². The van der Waals surface area contributed by atoms with Crippen LogP contribution >= 0.6 is 31.9 Å². The fraction of sp³-hybridized carbons (Fsp3) is 0.500. The molecule has 0 aromatic heterocycles. The number of nitrogens with zero attached hydrogens (tertiary/aromatic N) is 1. The molecule has 1 aromatic carbocycles. The molecule has 2 rings (SSSR count). The third kappa shape index (κ3) is 3.80. The van der Waals surface area contributed by atoms with Crippen molar-refractivity contribution in [3.8, 4) is 0 Å². The smallest absolute Gasteiger partial charge is 0.330 e. The lowest BCUT2D eigenvalue weighted by Gasteiger charge is -2.28. The standard InChI is InChI=1S/C14H14Br2F3NO/c1-12(8-13(12,15)16)9-20(11(21)14(17,18)19)7-10-5-3-2-4-6-10/h2-6H,7-9H2,1H3/t12-/m1/s1. The number of alkyl halides is 5. The van der Waals surface area contributed by atoms with Gasteiger partial charge in [-0.1, -0.05) is 69.1 Å². The summed E-state index contributed by atoms with van der Waals surface area (Å²) in [6, 6.07) is 8.68. The van der Waals surface area contributed by atoms with Crippen LogP contribution in [-0.4, -0.2) is 26.8 Å². The maximum Gasteiger partial charge on any atom is 0.471 e. The van der Waals surface area contributed by atoms with Crippen LogP contribution in [0, 0.1) is 5.41 Å². The first-order chi connectivity index (χ1) is 9.55. The van der Waals surface area contributed by atoms with Crippen molar-refractivity contribution >= 4 is 37.8 Å². The van der Waals surface area contributed by atoms with Gasteiger partial charge in [0.25, 0.3) is 0 Å². The number of hydrogen-bond acceptors (Lipinski definition) is 1. The Labute approximate surface area is 137 Å². The summed E-state index contributed by atoms with van der Waals surface area (Å²) < 4.78 is 37.9. The second kappa shape index (κ2) is 5.57. The molecule has 1 aromatic rings. The minimum Gasteiger partial charge on any atom is -0.330 e. The molecule has 0 bridgehead atoms. The van der Waals surface area contributed by atoms with E-state index in [4.69, 9.17) is 0 Å². The summed E-state index contributed by atoms with van der Waals surface area (Å²) in [5.74, 6) is -1.80. The maximum absolute atomic E-state index is 12.8. The van der Waals surface area contributed by atoms with Gasteiger partial charge in [-0.25, -0.2) is 0 Å². The van der Waals surface area contributed by atoms with Crippen LogP contribution in [0.2, 0.25) is 0 Å². The number of carbonyl (C=O) groups excluding carboxylic acids is 1. The molecule has 1 aliphatic carbocycles. The molecule has 21 heavy (non-hydrogen) atoms. The topological polar surface area (TPSA) is 20.3 Å². The minimum absolute atomic E-state index is 0.0384. The predicted octanol–water partition coefficient (Wildman–Crippen LogP) is 4.47. The molecule has 1 fully saturated rings. The molecule has 1 aliphatic rings. The Balaban J connectivity index is 2.17. The lowest BCUT2D eigenvalue weighted by atomic mass is 10.1. The fourth-order valence-corrected chi connectivity index (χ4v) is 3.71. The van der Waals surface area contributed by atoms with E-state index >= 15 is 0 Å². The van der Waals surface area contributed by atoms with Gasteiger partial charge in [0.1, 0.15) is 0 Å². The second-order valence-electron chi connectivity index (χ2n) is 5.59. The molecule has 0 unspecified atom stereocenters. The van der Waals surface area contributed by atoms with Gasteiger partial charge in [-0.05, 0) is 12.0 Å². The zero-order chi connectivity index (χ0) is 15.9. The molecule has 0 heterocycles. The monoisotopic (exact) mass is 427 g/mol. The third-order valence-corrected chi connectivity index (χ3v) is 6.13. The molecule has 1 saturated carbocycles. The van der Waals surface area contributed by atoms with E-state index in [0.717, 1.165) is 4.90 Å². The number of halogens is 5. The molecule has 2 nitrogen and oxygen atoms in total. The Kier molecular flexibility index (Phi) is 4.46. The van der Waals surface area contributed by atoms with E-state index in [0.29, 0.717) is 12.0 Å². The largest absolute Gasteiger partial charge is 0.471 e. The van der Waals surface area contributed by atoms with Gasteiger partial charge in [0.2, 0.25) is 0 Å². The van der Waals surface area contributed by atoms with Crippen molar-refractivity contribution < 1.29 is 18.0 Å². The summed E-state index contributed by atoms with van der Waals surface area (Å²) in [6.45, 7) is 1.83. The van der Waals surface area contributed by atoms with Crippen LogP contribution in [0.5, 0.6) is 0 Å². The van der Waals surface area contributed by atoms with Crippen LogP contribution in [-0.2, 0) is 11.3 Å². The molecular formula is C14H14Br2F3NO. The molecule has 0 N–H and O–H groups in total. The second-order valence-corrected chi connectivity index (χ2v) is 9.36. The van der Waals surface area contributed by atoms with Crippen molar-refractivity contribution in [2.24, 2.45) is 5.41 Å². The molecule has 0 aliphatic heterocycles. The summed E-state index contributed by atoms with van der Waals surface area (Å²) in [6.07, 6.45) is -4.20. The quantitative estimate of drug-likeness (QED) is 0.647. The first-order valence-electron chi connectivity index (χ1n) is 6.33. The van der Waals surface area contributed by atoms with Crippen molar-refractivity contribution in [2.45, 2.75) is 29.3 Å². The molecule has 1 atom stereocenters. The van der Waals surface area contributed by atoms with Crippen molar-refractivity contribution in [3.63, 3.8) is 0 Å². The lowest BCUT2D eigenvalue weighted by molar-refractivity contribution is -0.186. The van der Waals surface area contributed by atoms with E-state index in [9.17, 15) is 18.0 Å². The summed E-state index contributed by atoms with van der Waals surface area (Å²) >= 11 is 6.84. The van der Waals surface area contributed by atoms with Gasteiger partial charge < -0.3 is 4.90 Å². The zero-order valence-electron chi connectivity index (χ0n) is 11.3. The minimum atomic E-state index is -4.86. The van der Waals surface area contributed by atoms with Gasteiger partial charge in [0, 0.05) is 18.5 Å². The third-order valence-electron chi connectivity index (χ3n) is 3.66. The highest BCUT2D eigenvalue weighted by molar-refractivity contribution is 9.25. The number of benzene rings is 1. The fourth-order valence-electron chi connectivity index (χ4n) is 2.22. The molecule has 0 radical (unpaired) electrons. The van der Waals surface area contributed by atoms with E-state index in [1.807, 2.05) is 6.92 Å². The van der Waals surface area contributed by atoms with Crippen molar-refractivity contribution in [1.82, 2.24) is 4.90 Å². The first kappa shape index (κ1) is 16.8. The van der Waals surface area contributed by atoms with Crippen LogP contribution in [0.15, 0.2) is 30.3 Å². The Morgan fingerprint density at radius 3 is 2.24 bits per heavy atom. The van der Waals surface area contributed by atoms with Gasteiger partial charge >= 0.3 is 12.1 Å². The van der Waals surface area contributed by atoms with Gasteiger partial charge in [0.15, 0.2) is 0 Å². The summed E-state index contributed by atoms with van der Waals surface area (Å²) in [7, 11) is 0. The van der Waals surface area contributed by atoms with Crippen LogP contribution in [0.25, 0.3) is 0 Å². The number of hydrogen-bond donors (Lipinski definition) is 0. The first-order valence-corrected chi connectivity index (χ1v) is 7.92. The highest BCUT2D eigenvalue weighted by Gasteiger charge is 2.63. The van der Waals surface area contributed by atoms with Gasteiger partial charge in [-0.3, -0.25) is 4.79 Å². The normalized spacial score (nSPS) is 23.7. The van der Waals surface area contributed by atoms with Gasteiger partial charge in [-0.15, -0.1) is 0 Å². The summed E-state index contributed by atoms with van der Waals surface area (Å²) in [4.78, 5) is 12.5. The summed E-state index contributed by atoms with van der Waals surface area (Å²) in [5, 5.41) is 0. The number of rotatable bonds is 4. The van der Waals surface area contributed by atoms with Crippen LogP contribution in [0.1, 0.15) is 18.9 Å². The Bertz CT molecular complexity index is 533. The van der Waals surface area contributed by atoms with Gasteiger partial charge in [0.05, 0.1) is 3.23 Å². The van der Waals surface area contributed by atoms with E-state index in [1.165, 1.54) is 0 Å². The maximum atomic E-state index is 12.8. The van der Waals surface area contributed by atoms with Crippen molar-refractivity contribution in [3.05, 3.63) is 35.9 Å². The Morgan fingerprint density at radius 2 is 1.81 bits per heavy atom. The van der Waals surface area contributed by atoms with E-state index in [2.05, 4.69) is 31.9 Å². The Morgan fingerprint density at radius 1 is 1.29 bits per heavy atom. The zero-order valence-corrected chi connectivity index (χ0v) is 14.4. The summed E-state index contributed by atoms with van der Waals surface area (Å²) in [5.41, 5.74) is 0.261. The van der Waals surface area contributed by atoms with Crippen LogP contribution in [0.3, 0.4) is 0 Å². The molecular weight excluding hydrogens is 415 g/mol. The van der Waals surface area contributed by atoms with Crippen molar-refractivity contribution in [2.75, 3.05) is 6.54 Å². The van der Waals surface area contributed by atoms with E-state index < -0.39 is 20.7 Å². The van der Waals surface area contributed by atoms with Crippen LogP contribution in [0.4, 0.5) is 13.2 Å². The number of amides is 1. The average Bonchev–Trinajstić information content (AvgIpc) is 2.86. The Hall–Kier alpha value is -0.560. The molecule has 116 valence electrons. The SMILES string of the molecule is C[C@]1(CN(Cc2ccccc2)C(=O)C(F)(F)F)CC1(Br)Br. The average molecular weight is 429 g/mol. The van der Waals surface area contributed by atoms with Crippen molar-refractivity contribution in [1.29, 1.82) is 0 Å². The highest BCUT2D eigenvalue weighted by Crippen LogP contribution is 2.66. The molecule has 1 amide bonds. The predicted molar refractivity (Wildman–Crippen MR) is 81.2 cm³/mol. The van der Waals surface area contributed by atoms with E-state index in [1.54, 1.807) is 30.3 Å². The molecule has 0 saturated heterocycles. The lowest BCUT2D eigenvalue weighted by Crippen LogP contribution is -2.43. The van der Waals surface area contributed by atoms with E-state index in [-0.39, 0.29) is 13.1 Å². The van der Waals surface area contributed by atoms with Gasteiger partial charge in [-0.2, -0.15) is 13.2 Å². The number of carbonyl (C=O) groups is 1. The molecule has 0 spiro atoms.